The van der Waals surface area contributed by atoms with Gasteiger partial charge in [-0.1, -0.05) is 12.1 Å². The van der Waals surface area contributed by atoms with Crippen LogP contribution in [0.1, 0.15) is 0 Å². The molecule has 0 unspecified atom stereocenters. The Morgan fingerprint density at radius 2 is 0.791 bits per heavy atom. The third-order valence-electron chi connectivity index (χ3n) is 5.38. The third kappa shape index (κ3) is 7.48. The zero-order valence-corrected chi connectivity index (χ0v) is 24.4. The van der Waals surface area contributed by atoms with E-state index in [-0.39, 0.29) is 38.6 Å². The Balaban J connectivity index is 0.000000293. The standard InChI is InChI=1S/2C10H7NO8S2.Cu/c2*12-10-8(21(17,18)19)4-5-3-6(20(14,15)16)1-2-7(5)9(10)11-13;/h2*1-4,12H,(H,14,15,16)(H,17,18,19);. The fourth-order valence-corrected chi connectivity index (χ4v) is 5.82. The maximum Gasteiger partial charge on any atom is 0.298 e. The van der Waals surface area contributed by atoms with Crippen LogP contribution in [0.25, 0.3) is 21.5 Å². The summed E-state index contributed by atoms with van der Waals surface area (Å²) >= 11 is 0. The van der Waals surface area contributed by atoms with E-state index in [9.17, 15) is 53.7 Å². The van der Waals surface area contributed by atoms with E-state index in [4.69, 9.17) is 18.2 Å². The van der Waals surface area contributed by atoms with E-state index in [1.807, 2.05) is 0 Å². The minimum Gasteiger partial charge on any atom is -0.504 e. The van der Waals surface area contributed by atoms with Crippen molar-refractivity contribution < 1.29 is 79.2 Å². The van der Waals surface area contributed by atoms with E-state index in [0.717, 1.165) is 48.5 Å². The van der Waals surface area contributed by atoms with Gasteiger partial charge in [0.05, 0.1) is 9.79 Å². The molecule has 0 aliphatic heterocycles. The Labute approximate surface area is 251 Å². The first kappa shape index (κ1) is 35.6. The number of phenols is 2. The van der Waals surface area contributed by atoms with E-state index >= 15 is 0 Å². The molecule has 0 aromatic heterocycles. The van der Waals surface area contributed by atoms with E-state index in [1.165, 1.54) is 0 Å². The summed E-state index contributed by atoms with van der Waals surface area (Å²) in [5, 5.41) is 23.9. The molecule has 0 spiro atoms. The van der Waals surface area contributed by atoms with Crippen molar-refractivity contribution in [2.24, 2.45) is 10.4 Å². The Kier molecular flexibility index (Phi) is 10.1. The molecule has 4 aromatic rings. The van der Waals surface area contributed by atoms with Gasteiger partial charge in [0.25, 0.3) is 40.5 Å². The Morgan fingerprint density at radius 1 is 0.488 bits per heavy atom. The van der Waals surface area contributed by atoms with Gasteiger partial charge < -0.3 is 10.2 Å². The SMILES string of the molecule is O=Nc1c(O)c(S(=O)(=O)O)cc2cc(S(=O)(=O)O)ccc12.O=Nc1c(O)c(S(=O)(=O)O)cc2cc(S(=O)(=O)O)ccc12.[Cu]. The van der Waals surface area contributed by atoms with Crippen LogP contribution in [0.2, 0.25) is 0 Å². The summed E-state index contributed by atoms with van der Waals surface area (Å²) in [6, 6.07) is 7.25. The zero-order valence-electron chi connectivity index (χ0n) is 20.2. The predicted octanol–water partition coefficient (Wildman–Crippen LogP) is 2.87. The molecule has 0 aliphatic carbocycles. The Morgan fingerprint density at radius 3 is 1.02 bits per heavy atom. The number of hydrogen-bond acceptors (Lipinski definition) is 14. The summed E-state index contributed by atoms with van der Waals surface area (Å²) < 4.78 is 124. The largest absolute Gasteiger partial charge is 0.504 e. The van der Waals surface area contributed by atoms with Crippen molar-refractivity contribution in [3.63, 3.8) is 0 Å². The van der Waals surface area contributed by atoms with Gasteiger partial charge in [0.1, 0.15) is 9.79 Å². The second-order valence-corrected chi connectivity index (χ2v) is 13.6. The van der Waals surface area contributed by atoms with Gasteiger partial charge in [-0.2, -0.15) is 33.7 Å². The van der Waals surface area contributed by atoms with Crippen molar-refractivity contribution in [1.82, 2.24) is 0 Å². The molecule has 0 amide bonds. The number of nitrogens with zero attached hydrogens (tertiary/aromatic N) is 2. The van der Waals surface area contributed by atoms with Crippen molar-refractivity contribution in [2.45, 2.75) is 19.6 Å². The molecule has 0 fully saturated rings. The van der Waals surface area contributed by atoms with Crippen LogP contribution in [0, 0.1) is 9.81 Å². The van der Waals surface area contributed by atoms with Crippen molar-refractivity contribution in [3.8, 4) is 11.5 Å². The number of benzene rings is 4. The van der Waals surface area contributed by atoms with Gasteiger partial charge in [-0.05, 0) is 57.5 Å². The summed E-state index contributed by atoms with van der Waals surface area (Å²) in [5.41, 5.74) is -1.36. The van der Waals surface area contributed by atoms with E-state index in [1.54, 1.807) is 0 Å². The van der Waals surface area contributed by atoms with E-state index in [0.29, 0.717) is 0 Å². The molecule has 0 bridgehead atoms. The maximum atomic E-state index is 11.1. The number of nitroso groups, excluding NO2 is 2. The molecule has 1 radical (unpaired) electrons. The molecule has 4 rings (SSSR count). The number of fused-ring (bicyclic) bond motifs is 2. The van der Waals surface area contributed by atoms with Gasteiger partial charge in [0.15, 0.2) is 22.9 Å². The summed E-state index contributed by atoms with van der Waals surface area (Å²) in [6.07, 6.45) is 0. The summed E-state index contributed by atoms with van der Waals surface area (Å²) in [5.74, 6) is -2.11. The van der Waals surface area contributed by atoms with Crippen LogP contribution in [0.3, 0.4) is 0 Å². The molecule has 0 aliphatic rings. The van der Waals surface area contributed by atoms with Gasteiger partial charge in [-0.15, -0.1) is 9.81 Å². The second-order valence-electron chi connectivity index (χ2n) is 7.99. The van der Waals surface area contributed by atoms with E-state index < -0.39 is 82.9 Å². The topological polar surface area (TPSA) is 317 Å². The molecule has 4 aromatic carbocycles. The second kappa shape index (κ2) is 12.2. The maximum absolute atomic E-state index is 11.1. The van der Waals surface area contributed by atoms with Crippen molar-refractivity contribution in [2.75, 3.05) is 0 Å². The first-order valence-corrected chi connectivity index (χ1v) is 16.0. The smallest absolute Gasteiger partial charge is 0.298 e. The van der Waals surface area contributed by atoms with Crippen LogP contribution in [0.15, 0.2) is 78.5 Å². The molecule has 43 heavy (non-hydrogen) atoms. The number of phenolic OH excluding ortho intramolecular Hbond substituents is 2. The van der Waals surface area contributed by atoms with Crippen molar-refractivity contribution in [1.29, 1.82) is 0 Å². The molecular formula is C20H14CuN2O16S4. The first-order chi connectivity index (χ1) is 19.1. The van der Waals surface area contributed by atoms with Crippen molar-refractivity contribution >= 4 is 73.4 Å². The number of aromatic hydroxyl groups is 2. The molecule has 235 valence electrons. The Bertz CT molecular complexity index is 2090. The van der Waals surface area contributed by atoms with Gasteiger partial charge in [0, 0.05) is 27.8 Å². The van der Waals surface area contributed by atoms with Crippen LogP contribution >= 0.6 is 0 Å². The van der Waals surface area contributed by atoms with Gasteiger partial charge in [0.2, 0.25) is 0 Å². The molecule has 0 atom stereocenters. The zero-order chi connectivity index (χ0) is 32.0. The summed E-state index contributed by atoms with van der Waals surface area (Å²) in [7, 11) is -18.8. The number of rotatable bonds is 6. The molecule has 0 heterocycles. The van der Waals surface area contributed by atoms with Crippen LogP contribution in [0.5, 0.6) is 11.5 Å². The fraction of sp³-hybridized carbons (Fsp3) is 0. The van der Waals surface area contributed by atoms with Crippen LogP contribution < -0.4 is 0 Å². The average molecular weight is 730 g/mol. The normalized spacial score (nSPS) is 12.2. The molecule has 0 saturated carbocycles. The third-order valence-corrected chi connectivity index (χ3v) is 8.81. The molecule has 0 saturated heterocycles. The Hall–Kier alpha value is -3.64. The van der Waals surface area contributed by atoms with Gasteiger partial charge >= 0.3 is 0 Å². The summed E-state index contributed by atoms with van der Waals surface area (Å²) in [4.78, 5) is 18.4. The predicted molar refractivity (Wildman–Crippen MR) is 141 cm³/mol. The van der Waals surface area contributed by atoms with E-state index in [2.05, 4.69) is 10.4 Å². The molecule has 23 heteroatoms. The fourth-order valence-electron chi connectivity index (χ4n) is 3.56. The minimum atomic E-state index is -4.87. The monoisotopic (exact) mass is 729 g/mol. The molecule has 18 nitrogen and oxygen atoms in total. The van der Waals surface area contributed by atoms with Crippen LogP contribution in [-0.2, 0) is 57.5 Å². The number of hydrogen-bond donors (Lipinski definition) is 6. The van der Waals surface area contributed by atoms with Gasteiger partial charge in [-0.3, -0.25) is 18.2 Å². The molecule has 6 N–H and O–H groups in total. The summed E-state index contributed by atoms with van der Waals surface area (Å²) in [6.45, 7) is 0. The molecular weight excluding hydrogens is 716 g/mol. The van der Waals surface area contributed by atoms with Crippen LogP contribution in [0.4, 0.5) is 11.4 Å². The minimum absolute atomic E-state index is 0. The first-order valence-electron chi connectivity index (χ1n) is 10.3. The van der Waals surface area contributed by atoms with Crippen LogP contribution in [-0.4, -0.2) is 62.1 Å². The van der Waals surface area contributed by atoms with Crippen molar-refractivity contribution in [3.05, 3.63) is 58.3 Å². The van der Waals surface area contributed by atoms with Gasteiger partial charge in [-0.25, -0.2) is 0 Å². The average Bonchev–Trinajstić information content (AvgIpc) is 2.85. The quantitative estimate of drug-likeness (QED) is 0.0943.